The Kier molecular flexibility index (Phi) is 2.55. The zero-order chi connectivity index (χ0) is 60.9. The van der Waals surface area contributed by atoms with E-state index in [2.05, 4.69) is 0 Å². The van der Waals surface area contributed by atoms with Gasteiger partial charge in [-0.1, -0.05) is 169 Å². The zero-order valence-corrected chi connectivity index (χ0v) is 25.0. The summed E-state index contributed by atoms with van der Waals surface area (Å²) in [6.45, 7) is 0. The largest absolute Gasteiger partial charge is 0.0636 e. The molecule has 0 aromatic heterocycles. The molecule has 0 fully saturated rings. The summed E-state index contributed by atoms with van der Waals surface area (Å²) in [5.41, 5.74) is -7.31. The molecule has 0 atom stereocenters. The van der Waals surface area contributed by atoms with Gasteiger partial charge in [0.15, 0.2) is 0 Å². The van der Waals surface area contributed by atoms with Crippen molar-refractivity contribution in [2.45, 2.75) is 0 Å². The van der Waals surface area contributed by atoms with Crippen molar-refractivity contribution in [3.05, 3.63) is 193 Å². The van der Waals surface area contributed by atoms with Crippen LogP contribution < -0.4 is 0 Å². The lowest BCUT2D eigenvalue weighted by atomic mass is 9.84. The van der Waals surface area contributed by atoms with Gasteiger partial charge in [0.25, 0.3) is 0 Å². The maximum absolute atomic E-state index is 10.2. The topological polar surface area (TPSA) is 0 Å². The van der Waals surface area contributed by atoms with Crippen LogP contribution >= 0.6 is 0 Å². The number of hydrogen-bond acceptors (Lipinski definition) is 0. The second kappa shape index (κ2) is 11.6. The fourth-order valence-corrected chi connectivity index (χ4v) is 5.62. The van der Waals surface area contributed by atoms with Crippen LogP contribution in [0.2, 0.25) is 0 Å². The lowest BCUT2D eigenvalue weighted by Crippen LogP contribution is -1.92. The lowest BCUT2D eigenvalue weighted by Gasteiger charge is -2.19. The second-order valence-corrected chi connectivity index (χ2v) is 10.8. The Morgan fingerprint density at radius 3 is 1.12 bits per heavy atom. The van der Waals surface area contributed by atoms with Gasteiger partial charge in [-0.15, -0.1) is 0 Å². The first-order chi connectivity index (χ1) is 38.1. The third kappa shape index (κ3) is 4.77. The van der Waals surface area contributed by atoms with Gasteiger partial charge >= 0.3 is 0 Å². The minimum absolute atomic E-state index is 0.588. The van der Waals surface area contributed by atoms with Crippen LogP contribution in [0.5, 0.6) is 0 Å². The molecule has 0 unspecified atom stereocenters. The molecule has 10 aromatic rings. The van der Waals surface area contributed by atoms with E-state index in [1.54, 1.807) is 0 Å². The van der Waals surface area contributed by atoms with Crippen molar-refractivity contribution < 1.29 is 43.9 Å². The fourth-order valence-electron chi connectivity index (χ4n) is 5.62. The molecule has 0 amide bonds. The van der Waals surface area contributed by atoms with E-state index in [-0.39, 0.29) is 0 Å². The Bertz CT molecular complexity index is 4730. The molecular formula is C50H32. The summed E-state index contributed by atoms with van der Waals surface area (Å²) in [6, 6.07) is -32.1. The summed E-state index contributed by atoms with van der Waals surface area (Å²) in [7, 11) is 0. The van der Waals surface area contributed by atoms with Crippen LogP contribution in [0.1, 0.15) is 43.9 Å². The molecule has 0 heteroatoms. The molecule has 0 radical (unpaired) electrons. The van der Waals surface area contributed by atoms with E-state index in [4.69, 9.17) is 23.3 Å². The maximum atomic E-state index is 10.2. The predicted molar refractivity (Wildman–Crippen MR) is 216 cm³/mol. The van der Waals surface area contributed by atoms with Gasteiger partial charge in [-0.3, -0.25) is 0 Å². The number of hydrogen-bond donors (Lipinski definition) is 0. The van der Waals surface area contributed by atoms with Gasteiger partial charge in [0.2, 0.25) is 0 Å². The highest BCUT2D eigenvalue weighted by molar-refractivity contribution is 6.22. The first-order valence-corrected chi connectivity index (χ1v) is 14.8. The average Bonchev–Trinajstić information content (AvgIpc) is 1.41. The Labute approximate surface area is 336 Å². The van der Waals surface area contributed by atoms with E-state index < -0.39 is 292 Å². The van der Waals surface area contributed by atoms with Crippen LogP contribution in [0.4, 0.5) is 0 Å². The van der Waals surface area contributed by atoms with Crippen molar-refractivity contribution in [3.63, 3.8) is 0 Å². The van der Waals surface area contributed by atoms with Crippen molar-refractivity contribution in [1.29, 1.82) is 0 Å². The standard InChI is InChI=1S/C50H32/c1-4-12-38-29-41(24-19-33(38)9-1)36-17-22-37(23-18-36)49-45-15-7-8-16-46(45)50(44-26-21-35-11-3-6-14-40(35)31-44)47-28-27-43(32-48(47)49)42-25-20-34-10-2-5-13-39(34)30-42/h1-32H/i1D,2D,3D,4D,5D,6D,7D,8D,9D,10D,11D,12D,13D,14D,15D,16D,17D,18D,19D,20D,21D,22D,23D,24D,25D,26D,27D,28D,29D,30D,31D,32D. The lowest BCUT2D eigenvalue weighted by molar-refractivity contribution is 1.62. The first kappa shape index (κ1) is 11.0. The molecule has 0 aliphatic rings. The molecule has 10 aromatic carbocycles. The minimum Gasteiger partial charge on any atom is -0.0616 e. The normalized spacial score (nSPS) is 20.6. The van der Waals surface area contributed by atoms with Crippen LogP contribution in [-0.2, 0) is 0 Å². The summed E-state index contributed by atoms with van der Waals surface area (Å²) in [5, 5.41) is -7.50. The van der Waals surface area contributed by atoms with Crippen LogP contribution in [0.25, 0.3) is 98.4 Å². The van der Waals surface area contributed by atoms with E-state index in [0.29, 0.717) is 0 Å². The Balaban J connectivity index is 1.52. The van der Waals surface area contributed by atoms with Crippen LogP contribution in [-0.4, -0.2) is 0 Å². The molecule has 0 aliphatic carbocycles. The molecule has 0 saturated heterocycles. The number of benzene rings is 10. The predicted octanol–water partition coefficient (Wildman–Crippen LogP) is 14.1. The summed E-state index contributed by atoms with van der Waals surface area (Å²) in [6.07, 6.45) is 0. The van der Waals surface area contributed by atoms with Crippen molar-refractivity contribution in [1.82, 2.24) is 0 Å². The van der Waals surface area contributed by atoms with Gasteiger partial charge in [-0.05, 0) is 123 Å². The SMILES string of the molecule is [2H]c1c([2H])c(-c2c3c([2H])c([2H])c([2H])c([2H])c3c(-c3c([2H])c([2H])c4c([2H])c([2H])c([2H])c([2H])c4c3[2H])c3c([2H])c([2H])c(-c4c([2H])c([2H])c5c([2H])c([2H])c([2H])c([2H])c5c4[2H])c([2H])c23)c([2H])c([2H])c1-c1c([2H])c([2H])c2c([2H])c([2H])c([2H])c([2H])c2c1[2H]. The molecule has 10 rings (SSSR count). The molecular weight excluding hydrogens is 601 g/mol. The number of fused-ring (bicyclic) bond motifs is 5. The molecule has 0 nitrogen and oxygen atoms in total. The molecule has 0 bridgehead atoms. The molecule has 0 saturated carbocycles. The number of rotatable bonds is 4. The smallest absolute Gasteiger partial charge is 0.0616 e. The van der Waals surface area contributed by atoms with Gasteiger partial charge in [-0.2, -0.15) is 0 Å². The fraction of sp³-hybridized carbons (Fsp3) is 0. The van der Waals surface area contributed by atoms with Gasteiger partial charge in [0.1, 0.15) is 0 Å². The maximum Gasteiger partial charge on any atom is 0.0636 e. The van der Waals surface area contributed by atoms with Crippen molar-refractivity contribution in [2.24, 2.45) is 0 Å². The monoisotopic (exact) mass is 664 g/mol. The molecule has 0 N–H and O–H groups in total. The Morgan fingerprint density at radius 2 is 0.560 bits per heavy atom. The Hall–Kier alpha value is -6.50. The van der Waals surface area contributed by atoms with Crippen LogP contribution in [0.3, 0.4) is 0 Å². The van der Waals surface area contributed by atoms with E-state index >= 15 is 0 Å². The van der Waals surface area contributed by atoms with E-state index in [0.717, 1.165) is 0 Å². The summed E-state index contributed by atoms with van der Waals surface area (Å²) < 4.78 is 290. The van der Waals surface area contributed by atoms with Crippen molar-refractivity contribution >= 4 is 53.9 Å². The van der Waals surface area contributed by atoms with Crippen molar-refractivity contribution in [3.8, 4) is 44.5 Å². The van der Waals surface area contributed by atoms with Gasteiger partial charge in [-0.25, -0.2) is 0 Å². The molecule has 0 spiro atoms. The minimum atomic E-state index is -1.21. The zero-order valence-electron chi connectivity index (χ0n) is 57.0. The average molecular weight is 665 g/mol. The highest BCUT2D eigenvalue weighted by Gasteiger charge is 2.18. The molecule has 232 valence electrons. The molecule has 0 aliphatic heterocycles. The van der Waals surface area contributed by atoms with Crippen LogP contribution in [0.15, 0.2) is 193 Å². The highest BCUT2D eigenvalue weighted by Crippen LogP contribution is 2.45. The van der Waals surface area contributed by atoms with Gasteiger partial charge in [0, 0.05) is 0 Å². The van der Waals surface area contributed by atoms with E-state index in [9.17, 15) is 20.6 Å². The highest BCUT2D eigenvalue weighted by atomic mass is 14.2. The van der Waals surface area contributed by atoms with E-state index in [1.807, 2.05) is 0 Å². The molecule has 0 heterocycles. The summed E-state index contributed by atoms with van der Waals surface area (Å²) in [4.78, 5) is 0. The quantitative estimate of drug-likeness (QED) is 0.164. The van der Waals surface area contributed by atoms with Crippen molar-refractivity contribution in [2.75, 3.05) is 0 Å². The summed E-state index contributed by atoms with van der Waals surface area (Å²) >= 11 is 0. The molecule has 50 heavy (non-hydrogen) atoms. The van der Waals surface area contributed by atoms with Gasteiger partial charge < -0.3 is 0 Å². The van der Waals surface area contributed by atoms with Crippen LogP contribution in [0, 0.1) is 0 Å². The van der Waals surface area contributed by atoms with E-state index in [1.165, 1.54) is 0 Å². The summed E-state index contributed by atoms with van der Waals surface area (Å²) in [5.74, 6) is 0. The second-order valence-electron chi connectivity index (χ2n) is 10.8. The Morgan fingerprint density at radius 1 is 0.220 bits per heavy atom. The third-order valence-corrected chi connectivity index (χ3v) is 7.88. The first-order valence-electron chi connectivity index (χ1n) is 30.8. The third-order valence-electron chi connectivity index (χ3n) is 7.88. The van der Waals surface area contributed by atoms with Gasteiger partial charge in [0.05, 0.1) is 43.9 Å².